The number of hydrogen-bond donors (Lipinski definition) is 2. The second-order valence-corrected chi connectivity index (χ2v) is 7.60. The molecule has 1 aliphatic rings. The summed E-state index contributed by atoms with van der Waals surface area (Å²) in [4.78, 5) is 30.6. The van der Waals surface area contributed by atoms with Crippen LogP contribution in [-0.2, 0) is 11.3 Å². The van der Waals surface area contributed by atoms with Crippen molar-refractivity contribution < 1.29 is 14.1 Å². The molecule has 1 unspecified atom stereocenters. The third kappa shape index (κ3) is 5.63. The van der Waals surface area contributed by atoms with E-state index in [9.17, 15) is 9.59 Å². The van der Waals surface area contributed by atoms with Gasteiger partial charge in [-0.25, -0.2) is 0 Å². The molecule has 1 aromatic heterocycles. The topological polar surface area (TPSA) is 100 Å². The first-order chi connectivity index (χ1) is 13.4. The van der Waals surface area contributed by atoms with Gasteiger partial charge in [0.1, 0.15) is 0 Å². The van der Waals surface area contributed by atoms with Crippen LogP contribution in [0.3, 0.4) is 0 Å². The number of benzene rings is 1. The third-order valence-corrected chi connectivity index (χ3v) is 4.45. The maximum Gasteiger partial charge on any atom is 0.251 e. The van der Waals surface area contributed by atoms with Crippen LogP contribution in [0.1, 0.15) is 54.8 Å². The standard InChI is InChI=1S/C20H27N5O3/c1-13(2)21-16(26)11-25(3)12-17-22-19(24-28-17)18(14-9-10-14)23-20(27)15-7-5-4-6-8-15/h4-8,13-14,18H,9-12H2,1-3H3,(H,21,26)(H,23,27). The van der Waals surface area contributed by atoms with E-state index in [1.54, 1.807) is 12.1 Å². The number of carbonyl (C=O) groups excluding carboxylic acids is 2. The smallest absolute Gasteiger partial charge is 0.251 e. The van der Waals surface area contributed by atoms with Gasteiger partial charge in [0.15, 0.2) is 5.82 Å². The van der Waals surface area contributed by atoms with Crippen molar-refractivity contribution in [3.63, 3.8) is 0 Å². The Kier molecular flexibility index (Phi) is 6.41. The third-order valence-electron chi connectivity index (χ3n) is 4.45. The van der Waals surface area contributed by atoms with Gasteiger partial charge in [-0.15, -0.1) is 0 Å². The fourth-order valence-electron chi connectivity index (χ4n) is 3.00. The summed E-state index contributed by atoms with van der Waals surface area (Å²) in [5.74, 6) is 1.04. The van der Waals surface area contributed by atoms with Gasteiger partial charge in [0.2, 0.25) is 11.8 Å². The molecule has 1 saturated carbocycles. The Bertz CT molecular complexity index is 801. The van der Waals surface area contributed by atoms with Crippen LogP contribution in [0, 0.1) is 5.92 Å². The van der Waals surface area contributed by atoms with Crippen LogP contribution in [0.25, 0.3) is 0 Å². The first kappa shape index (κ1) is 20.0. The first-order valence-corrected chi connectivity index (χ1v) is 9.58. The molecule has 0 radical (unpaired) electrons. The number of nitrogens with zero attached hydrogens (tertiary/aromatic N) is 3. The Labute approximate surface area is 164 Å². The monoisotopic (exact) mass is 385 g/mol. The zero-order chi connectivity index (χ0) is 20.1. The minimum absolute atomic E-state index is 0.0526. The normalized spacial score (nSPS) is 14.9. The highest BCUT2D eigenvalue weighted by Crippen LogP contribution is 2.40. The molecule has 3 rings (SSSR count). The van der Waals surface area contributed by atoms with Gasteiger partial charge in [-0.05, 0) is 51.8 Å². The Morgan fingerprint density at radius 1 is 1.21 bits per heavy atom. The number of amides is 2. The highest BCUT2D eigenvalue weighted by molar-refractivity contribution is 5.94. The van der Waals surface area contributed by atoms with Crippen LogP contribution < -0.4 is 10.6 Å². The molecule has 8 nitrogen and oxygen atoms in total. The van der Waals surface area contributed by atoms with Crippen molar-refractivity contribution in [2.24, 2.45) is 5.92 Å². The molecule has 1 aliphatic carbocycles. The molecule has 0 saturated heterocycles. The van der Waals surface area contributed by atoms with E-state index >= 15 is 0 Å². The van der Waals surface area contributed by atoms with E-state index in [2.05, 4.69) is 20.8 Å². The summed E-state index contributed by atoms with van der Waals surface area (Å²) in [6.45, 7) is 4.45. The number of likely N-dealkylation sites (N-methyl/N-ethyl adjacent to an activating group) is 1. The molecule has 8 heteroatoms. The number of carbonyl (C=O) groups is 2. The zero-order valence-corrected chi connectivity index (χ0v) is 16.5. The maximum atomic E-state index is 12.5. The molecular formula is C20H27N5O3. The van der Waals surface area contributed by atoms with E-state index in [1.165, 1.54) is 0 Å². The number of aromatic nitrogens is 2. The molecule has 2 N–H and O–H groups in total. The van der Waals surface area contributed by atoms with E-state index < -0.39 is 0 Å². The number of hydrogen-bond acceptors (Lipinski definition) is 6. The quantitative estimate of drug-likeness (QED) is 0.684. The van der Waals surface area contributed by atoms with Crippen LogP contribution in [0.5, 0.6) is 0 Å². The summed E-state index contributed by atoms with van der Waals surface area (Å²) in [5, 5.41) is 9.96. The lowest BCUT2D eigenvalue weighted by Gasteiger charge is -2.15. The molecule has 1 atom stereocenters. The first-order valence-electron chi connectivity index (χ1n) is 9.58. The molecule has 28 heavy (non-hydrogen) atoms. The van der Waals surface area contributed by atoms with Crippen molar-refractivity contribution in [2.45, 2.75) is 45.3 Å². The summed E-state index contributed by atoms with van der Waals surface area (Å²) < 4.78 is 5.36. The Balaban J connectivity index is 1.60. The molecule has 1 aromatic carbocycles. The average molecular weight is 385 g/mol. The summed E-state index contributed by atoms with van der Waals surface area (Å²) in [6, 6.07) is 8.93. The van der Waals surface area contributed by atoms with Gasteiger partial charge < -0.3 is 15.2 Å². The maximum absolute atomic E-state index is 12.5. The van der Waals surface area contributed by atoms with Gasteiger partial charge in [0.25, 0.3) is 5.91 Å². The van der Waals surface area contributed by atoms with Crippen molar-refractivity contribution in [1.29, 1.82) is 0 Å². The molecule has 0 spiro atoms. The molecule has 2 aromatic rings. The zero-order valence-electron chi connectivity index (χ0n) is 16.5. The van der Waals surface area contributed by atoms with Crippen LogP contribution >= 0.6 is 0 Å². The van der Waals surface area contributed by atoms with Gasteiger partial charge in [-0.1, -0.05) is 23.4 Å². The second-order valence-electron chi connectivity index (χ2n) is 7.60. The minimum atomic E-state index is -0.264. The molecule has 0 aliphatic heterocycles. The average Bonchev–Trinajstić information content (AvgIpc) is 3.38. The van der Waals surface area contributed by atoms with Crippen molar-refractivity contribution >= 4 is 11.8 Å². The van der Waals surface area contributed by atoms with E-state index in [0.29, 0.717) is 29.7 Å². The van der Waals surface area contributed by atoms with Gasteiger partial charge >= 0.3 is 0 Å². The highest BCUT2D eigenvalue weighted by atomic mass is 16.5. The lowest BCUT2D eigenvalue weighted by atomic mass is 10.1. The summed E-state index contributed by atoms with van der Waals surface area (Å²) in [7, 11) is 1.82. The number of nitrogens with one attached hydrogen (secondary N) is 2. The molecule has 1 fully saturated rings. The van der Waals surface area contributed by atoms with E-state index in [-0.39, 0.29) is 30.4 Å². The van der Waals surface area contributed by atoms with E-state index in [1.807, 2.05) is 44.0 Å². The van der Waals surface area contributed by atoms with Crippen molar-refractivity contribution in [3.8, 4) is 0 Å². The number of rotatable bonds is 9. The molecule has 2 amide bonds. The fraction of sp³-hybridized carbons (Fsp3) is 0.500. The second kappa shape index (κ2) is 8.97. The highest BCUT2D eigenvalue weighted by Gasteiger charge is 2.36. The SMILES string of the molecule is CC(C)NC(=O)CN(C)Cc1nc(C(NC(=O)c2ccccc2)C2CC2)no1. The predicted molar refractivity (Wildman–Crippen MR) is 103 cm³/mol. The van der Waals surface area contributed by atoms with Gasteiger partial charge in [-0.3, -0.25) is 14.5 Å². The van der Waals surface area contributed by atoms with E-state index in [0.717, 1.165) is 12.8 Å². The van der Waals surface area contributed by atoms with Gasteiger partial charge in [0, 0.05) is 11.6 Å². The summed E-state index contributed by atoms with van der Waals surface area (Å²) >= 11 is 0. The molecule has 150 valence electrons. The van der Waals surface area contributed by atoms with Crippen molar-refractivity contribution in [3.05, 3.63) is 47.6 Å². The van der Waals surface area contributed by atoms with Crippen LogP contribution in [0.2, 0.25) is 0 Å². The Hall–Kier alpha value is -2.74. The van der Waals surface area contributed by atoms with Gasteiger partial charge in [-0.2, -0.15) is 4.98 Å². The molecule has 0 bridgehead atoms. The minimum Gasteiger partial charge on any atom is -0.353 e. The molecule has 1 heterocycles. The van der Waals surface area contributed by atoms with Crippen LogP contribution in [0.15, 0.2) is 34.9 Å². The fourth-order valence-corrected chi connectivity index (χ4v) is 3.00. The lowest BCUT2D eigenvalue weighted by Crippen LogP contribution is -2.38. The predicted octanol–water partition coefficient (Wildman–Crippen LogP) is 1.91. The van der Waals surface area contributed by atoms with Gasteiger partial charge in [0.05, 0.1) is 19.1 Å². The van der Waals surface area contributed by atoms with Crippen molar-refractivity contribution in [1.82, 2.24) is 25.7 Å². The van der Waals surface area contributed by atoms with Crippen LogP contribution in [-0.4, -0.2) is 46.5 Å². The molecular weight excluding hydrogens is 358 g/mol. The van der Waals surface area contributed by atoms with Crippen molar-refractivity contribution in [2.75, 3.05) is 13.6 Å². The van der Waals surface area contributed by atoms with E-state index in [4.69, 9.17) is 4.52 Å². The Morgan fingerprint density at radius 3 is 2.57 bits per heavy atom. The van der Waals surface area contributed by atoms with Crippen LogP contribution in [0.4, 0.5) is 0 Å². The summed E-state index contributed by atoms with van der Waals surface area (Å²) in [5.41, 5.74) is 0.604. The Morgan fingerprint density at radius 2 is 1.93 bits per heavy atom. The summed E-state index contributed by atoms with van der Waals surface area (Å²) in [6.07, 6.45) is 2.05. The largest absolute Gasteiger partial charge is 0.353 e. The lowest BCUT2D eigenvalue weighted by molar-refractivity contribution is -0.122.